The van der Waals surface area contributed by atoms with Crippen LogP contribution in [-0.2, 0) is 11.2 Å². The van der Waals surface area contributed by atoms with E-state index >= 15 is 0 Å². The number of aliphatic carboxylic acids is 1. The van der Waals surface area contributed by atoms with Crippen LogP contribution in [0.2, 0.25) is 5.02 Å². The van der Waals surface area contributed by atoms with Gasteiger partial charge in [0, 0.05) is 16.6 Å². The Labute approximate surface area is 149 Å². The molecule has 0 unspecified atom stereocenters. The molecule has 0 aliphatic rings. The van der Waals surface area contributed by atoms with Gasteiger partial charge in [-0.15, -0.1) is 0 Å². The molecule has 1 N–H and O–H groups in total. The number of carboxylic acid groups (broad SMARTS) is 1. The van der Waals surface area contributed by atoms with Crippen LogP contribution in [0.25, 0.3) is 10.9 Å². The molecule has 1 heterocycles. The van der Waals surface area contributed by atoms with Crippen molar-refractivity contribution >= 4 is 34.4 Å². The number of rotatable bonds is 4. The van der Waals surface area contributed by atoms with Gasteiger partial charge in [0.15, 0.2) is 0 Å². The summed E-state index contributed by atoms with van der Waals surface area (Å²) in [5.41, 5.74) is 2.14. The van der Waals surface area contributed by atoms with Crippen LogP contribution in [0.15, 0.2) is 42.5 Å². The Morgan fingerprint density at radius 1 is 1.16 bits per heavy atom. The molecule has 0 fully saturated rings. The van der Waals surface area contributed by atoms with Crippen molar-refractivity contribution in [2.45, 2.75) is 13.3 Å². The first-order valence-corrected chi connectivity index (χ1v) is 8.01. The number of carbonyl (C=O) groups is 2. The van der Waals surface area contributed by atoms with Gasteiger partial charge in [-0.25, -0.2) is 0 Å². The number of carbonyl (C=O) groups excluding carboxylic acids is 1. The molecule has 0 aliphatic carbocycles. The lowest BCUT2D eigenvalue weighted by Gasteiger charge is -2.08. The summed E-state index contributed by atoms with van der Waals surface area (Å²) in [6.45, 7) is 1.72. The number of hydrogen-bond acceptors (Lipinski definition) is 3. The fourth-order valence-corrected chi connectivity index (χ4v) is 3.36. The normalized spacial score (nSPS) is 10.8. The number of fused-ring (bicyclic) bond motifs is 1. The van der Waals surface area contributed by atoms with Crippen molar-refractivity contribution < 1.29 is 19.4 Å². The molecule has 0 aliphatic heterocycles. The number of carboxylic acids is 1. The maximum atomic E-state index is 13.0. The minimum Gasteiger partial charge on any atom is -0.495 e. The molecule has 3 rings (SSSR count). The zero-order valence-corrected chi connectivity index (χ0v) is 14.5. The smallest absolute Gasteiger partial charge is 0.307 e. The molecule has 0 bridgehead atoms. The van der Waals surface area contributed by atoms with E-state index in [1.165, 1.54) is 11.7 Å². The molecule has 2 aromatic carbocycles. The Morgan fingerprint density at radius 2 is 1.84 bits per heavy atom. The number of nitrogens with zero attached hydrogens (tertiary/aromatic N) is 1. The molecule has 0 saturated heterocycles. The molecule has 0 atom stereocenters. The summed E-state index contributed by atoms with van der Waals surface area (Å²) in [4.78, 5) is 24.3. The molecule has 0 radical (unpaired) electrons. The van der Waals surface area contributed by atoms with Crippen LogP contribution in [0.1, 0.15) is 21.6 Å². The lowest BCUT2D eigenvalue weighted by atomic mass is 10.1. The van der Waals surface area contributed by atoms with Crippen LogP contribution in [0.3, 0.4) is 0 Å². The van der Waals surface area contributed by atoms with Crippen molar-refractivity contribution in [3.8, 4) is 5.75 Å². The van der Waals surface area contributed by atoms with Crippen molar-refractivity contribution in [3.05, 3.63) is 64.3 Å². The lowest BCUT2D eigenvalue weighted by Crippen LogP contribution is -2.14. The minimum absolute atomic E-state index is 0.232. The standard InChI is InChI=1S/C19H16ClNO4/c1-11-13(10-16(22)23)17-14(8-9-15(25-2)18(17)20)21(11)19(24)12-6-4-3-5-7-12/h3-9H,10H2,1-2H3,(H,22,23). The van der Waals surface area contributed by atoms with E-state index < -0.39 is 5.97 Å². The predicted molar refractivity (Wildman–Crippen MR) is 95.7 cm³/mol. The molecule has 0 amide bonds. The minimum atomic E-state index is -0.992. The summed E-state index contributed by atoms with van der Waals surface area (Å²) in [6, 6.07) is 12.2. The van der Waals surface area contributed by atoms with Crippen molar-refractivity contribution in [1.82, 2.24) is 4.57 Å². The van der Waals surface area contributed by atoms with Crippen molar-refractivity contribution in [2.75, 3.05) is 7.11 Å². The molecular formula is C19H16ClNO4. The van der Waals surface area contributed by atoms with E-state index in [2.05, 4.69) is 0 Å². The monoisotopic (exact) mass is 357 g/mol. The summed E-state index contributed by atoms with van der Waals surface area (Å²) in [5.74, 6) is -0.792. The Hall–Kier alpha value is -2.79. The van der Waals surface area contributed by atoms with Gasteiger partial charge in [0.1, 0.15) is 5.75 Å². The largest absolute Gasteiger partial charge is 0.495 e. The summed E-state index contributed by atoms with van der Waals surface area (Å²) >= 11 is 6.42. The van der Waals surface area contributed by atoms with Gasteiger partial charge in [0.05, 0.1) is 24.1 Å². The molecule has 0 spiro atoms. The van der Waals surface area contributed by atoms with E-state index in [1.807, 2.05) is 6.07 Å². The molecule has 6 heteroatoms. The van der Waals surface area contributed by atoms with E-state index in [4.69, 9.17) is 16.3 Å². The second-order valence-corrected chi connectivity index (χ2v) is 5.99. The number of benzene rings is 2. The van der Waals surface area contributed by atoms with Gasteiger partial charge in [-0.05, 0) is 36.8 Å². The zero-order valence-electron chi connectivity index (χ0n) is 13.7. The first-order valence-electron chi connectivity index (χ1n) is 7.63. The van der Waals surface area contributed by atoms with Gasteiger partial charge in [-0.2, -0.15) is 0 Å². The highest BCUT2D eigenvalue weighted by molar-refractivity contribution is 6.37. The molecule has 0 saturated carbocycles. The number of hydrogen-bond donors (Lipinski definition) is 1. The molecule has 128 valence electrons. The Kier molecular flexibility index (Phi) is 4.51. The molecular weight excluding hydrogens is 342 g/mol. The van der Waals surface area contributed by atoms with Gasteiger partial charge in [-0.1, -0.05) is 29.8 Å². The average molecular weight is 358 g/mol. The van der Waals surface area contributed by atoms with Gasteiger partial charge in [0.2, 0.25) is 0 Å². The summed E-state index contributed by atoms with van der Waals surface area (Å²) in [5, 5.41) is 10.1. The van der Waals surface area contributed by atoms with E-state index in [9.17, 15) is 14.7 Å². The molecule has 25 heavy (non-hydrogen) atoms. The van der Waals surface area contributed by atoms with Crippen LogP contribution < -0.4 is 4.74 Å². The topological polar surface area (TPSA) is 68.5 Å². The first kappa shape index (κ1) is 17.0. The van der Waals surface area contributed by atoms with Crippen LogP contribution in [0.4, 0.5) is 0 Å². The number of ether oxygens (including phenoxy) is 1. The van der Waals surface area contributed by atoms with E-state index in [-0.39, 0.29) is 12.3 Å². The summed E-state index contributed by atoms with van der Waals surface area (Å²) < 4.78 is 6.74. The van der Waals surface area contributed by atoms with E-state index in [1.54, 1.807) is 43.3 Å². The van der Waals surface area contributed by atoms with Gasteiger partial charge < -0.3 is 9.84 Å². The van der Waals surface area contributed by atoms with Crippen molar-refractivity contribution in [2.24, 2.45) is 0 Å². The quantitative estimate of drug-likeness (QED) is 0.768. The summed E-state index contributed by atoms with van der Waals surface area (Å²) in [7, 11) is 1.49. The Bertz CT molecular complexity index is 976. The average Bonchev–Trinajstić information content (AvgIpc) is 2.87. The first-order chi connectivity index (χ1) is 12.0. The second kappa shape index (κ2) is 6.61. The van der Waals surface area contributed by atoms with Gasteiger partial charge in [-0.3, -0.25) is 14.2 Å². The van der Waals surface area contributed by atoms with Crippen LogP contribution in [-0.4, -0.2) is 28.7 Å². The third kappa shape index (κ3) is 2.87. The van der Waals surface area contributed by atoms with Crippen molar-refractivity contribution in [3.63, 3.8) is 0 Å². The number of aromatic nitrogens is 1. The third-order valence-corrected chi connectivity index (χ3v) is 4.55. The van der Waals surface area contributed by atoms with Crippen LogP contribution >= 0.6 is 11.6 Å². The highest BCUT2D eigenvalue weighted by Crippen LogP contribution is 2.38. The van der Waals surface area contributed by atoms with E-state index in [0.29, 0.717) is 38.5 Å². The van der Waals surface area contributed by atoms with Crippen LogP contribution in [0, 0.1) is 6.92 Å². The van der Waals surface area contributed by atoms with Gasteiger partial charge in [0.25, 0.3) is 5.91 Å². The van der Waals surface area contributed by atoms with Crippen molar-refractivity contribution in [1.29, 1.82) is 0 Å². The molecule has 1 aromatic heterocycles. The SMILES string of the molecule is COc1ccc2c(c1Cl)c(CC(=O)O)c(C)n2C(=O)c1ccccc1. The highest BCUT2D eigenvalue weighted by Gasteiger charge is 2.24. The zero-order chi connectivity index (χ0) is 18.1. The highest BCUT2D eigenvalue weighted by atomic mass is 35.5. The summed E-state index contributed by atoms with van der Waals surface area (Å²) in [6.07, 6.45) is -0.232. The maximum absolute atomic E-state index is 13.0. The van der Waals surface area contributed by atoms with Gasteiger partial charge >= 0.3 is 5.97 Å². The lowest BCUT2D eigenvalue weighted by molar-refractivity contribution is -0.136. The Morgan fingerprint density at radius 3 is 2.44 bits per heavy atom. The number of halogens is 1. The Balaban J connectivity index is 2.33. The molecule has 5 nitrogen and oxygen atoms in total. The second-order valence-electron chi connectivity index (χ2n) is 5.62. The third-order valence-electron chi connectivity index (χ3n) is 4.17. The van der Waals surface area contributed by atoms with Crippen LogP contribution in [0.5, 0.6) is 5.75 Å². The maximum Gasteiger partial charge on any atom is 0.307 e. The van der Waals surface area contributed by atoms with E-state index in [0.717, 1.165) is 0 Å². The number of methoxy groups -OCH3 is 1. The fraction of sp³-hybridized carbons (Fsp3) is 0.158. The molecule has 3 aromatic rings. The fourth-order valence-electron chi connectivity index (χ4n) is 3.01. The predicted octanol–water partition coefficient (Wildman–Crippen LogP) is 3.93.